The molecule has 1 amide bonds. The molecule has 0 aliphatic carbocycles. The van der Waals surface area contributed by atoms with Gasteiger partial charge in [0.15, 0.2) is 11.7 Å². The lowest BCUT2D eigenvalue weighted by Crippen LogP contribution is -2.38. The topological polar surface area (TPSA) is 105 Å². The van der Waals surface area contributed by atoms with Gasteiger partial charge in [-0.3, -0.25) is 4.79 Å². The summed E-state index contributed by atoms with van der Waals surface area (Å²) in [5.41, 5.74) is 5.90. The maximum Gasteiger partial charge on any atom is 0.291 e. The van der Waals surface area contributed by atoms with Gasteiger partial charge in [0, 0.05) is 13.5 Å². The van der Waals surface area contributed by atoms with E-state index >= 15 is 0 Å². The van der Waals surface area contributed by atoms with Crippen molar-refractivity contribution in [3.05, 3.63) is 17.3 Å². The lowest BCUT2D eigenvalue weighted by Gasteiger charge is -2.18. The van der Waals surface area contributed by atoms with Crippen LogP contribution in [0, 0.1) is 13.8 Å². The second-order valence-electron chi connectivity index (χ2n) is 3.56. The second-order valence-corrected chi connectivity index (χ2v) is 3.56. The van der Waals surface area contributed by atoms with Crippen LogP contribution in [-0.2, 0) is 0 Å². The molecule has 94 valence electrons. The SMILES string of the molecule is CCN(CC(N)=NO)C(=O)c1oc(C)nc1C. The summed E-state index contributed by atoms with van der Waals surface area (Å²) < 4.78 is 5.23. The first kappa shape index (κ1) is 13.0. The van der Waals surface area contributed by atoms with Gasteiger partial charge in [0.05, 0.1) is 12.2 Å². The molecule has 0 unspecified atom stereocenters. The molecular weight excluding hydrogens is 224 g/mol. The molecule has 1 aromatic heterocycles. The molecule has 0 saturated carbocycles. The molecule has 0 saturated heterocycles. The van der Waals surface area contributed by atoms with Gasteiger partial charge in [0.25, 0.3) is 5.91 Å². The minimum Gasteiger partial charge on any atom is -0.436 e. The van der Waals surface area contributed by atoms with E-state index in [1.807, 2.05) is 0 Å². The highest BCUT2D eigenvalue weighted by molar-refractivity contribution is 5.95. The number of likely N-dealkylation sites (N-methyl/N-ethyl adjacent to an activating group) is 1. The number of carbonyl (C=O) groups is 1. The van der Waals surface area contributed by atoms with Gasteiger partial charge < -0.3 is 20.3 Å². The van der Waals surface area contributed by atoms with E-state index in [2.05, 4.69) is 10.1 Å². The molecule has 0 aliphatic heterocycles. The zero-order valence-corrected chi connectivity index (χ0v) is 10.1. The third kappa shape index (κ3) is 2.96. The average Bonchev–Trinajstić information content (AvgIpc) is 2.64. The summed E-state index contributed by atoms with van der Waals surface area (Å²) in [4.78, 5) is 17.5. The maximum atomic E-state index is 12.1. The van der Waals surface area contributed by atoms with Gasteiger partial charge in [-0.25, -0.2) is 4.98 Å². The lowest BCUT2D eigenvalue weighted by atomic mass is 10.3. The Morgan fingerprint density at radius 2 is 2.24 bits per heavy atom. The molecule has 0 radical (unpaired) electrons. The van der Waals surface area contributed by atoms with Crippen molar-refractivity contribution >= 4 is 11.7 Å². The summed E-state index contributed by atoms with van der Waals surface area (Å²) in [6.07, 6.45) is 0. The Morgan fingerprint density at radius 1 is 1.59 bits per heavy atom. The Balaban J connectivity index is 2.90. The maximum absolute atomic E-state index is 12.1. The molecule has 0 spiro atoms. The van der Waals surface area contributed by atoms with E-state index < -0.39 is 0 Å². The van der Waals surface area contributed by atoms with Crippen molar-refractivity contribution in [2.24, 2.45) is 10.9 Å². The Bertz CT molecular complexity index is 439. The summed E-state index contributed by atoms with van der Waals surface area (Å²) >= 11 is 0. The predicted molar refractivity (Wildman–Crippen MR) is 61.0 cm³/mol. The zero-order valence-electron chi connectivity index (χ0n) is 10.1. The molecule has 1 aromatic rings. The van der Waals surface area contributed by atoms with E-state index in [0.29, 0.717) is 18.1 Å². The Labute approximate surface area is 98.9 Å². The minimum absolute atomic E-state index is 0.0332. The van der Waals surface area contributed by atoms with Crippen LogP contribution < -0.4 is 5.73 Å². The highest BCUT2D eigenvalue weighted by Crippen LogP contribution is 2.12. The van der Waals surface area contributed by atoms with Gasteiger partial charge in [-0.15, -0.1) is 0 Å². The second kappa shape index (κ2) is 5.33. The van der Waals surface area contributed by atoms with Crippen molar-refractivity contribution in [1.29, 1.82) is 0 Å². The van der Waals surface area contributed by atoms with Crippen molar-refractivity contribution in [3.63, 3.8) is 0 Å². The average molecular weight is 240 g/mol. The number of aryl methyl sites for hydroxylation is 2. The Morgan fingerprint density at radius 3 is 2.65 bits per heavy atom. The van der Waals surface area contributed by atoms with Crippen LogP contribution in [0.15, 0.2) is 9.57 Å². The molecule has 7 nitrogen and oxygen atoms in total. The van der Waals surface area contributed by atoms with Gasteiger partial charge in [-0.1, -0.05) is 5.16 Å². The quantitative estimate of drug-likeness (QED) is 0.345. The third-order valence-corrected chi connectivity index (χ3v) is 2.25. The monoisotopic (exact) mass is 240 g/mol. The number of nitrogens with two attached hydrogens (primary N) is 1. The first-order valence-corrected chi connectivity index (χ1v) is 5.19. The molecule has 0 atom stereocenters. The molecule has 7 heteroatoms. The minimum atomic E-state index is -0.322. The van der Waals surface area contributed by atoms with E-state index in [9.17, 15) is 4.79 Å². The number of aromatic nitrogens is 1. The number of oxime groups is 1. The molecular formula is C10H16N4O3. The largest absolute Gasteiger partial charge is 0.436 e. The number of carbonyl (C=O) groups excluding carboxylic acids is 1. The molecule has 1 rings (SSSR count). The van der Waals surface area contributed by atoms with Crippen LogP contribution in [0.5, 0.6) is 0 Å². The highest BCUT2D eigenvalue weighted by Gasteiger charge is 2.22. The van der Waals surface area contributed by atoms with Crippen molar-refractivity contribution in [2.45, 2.75) is 20.8 Å². The summed E-state index contributed by atoms with van der Waals surface area (Å²) in [6, 6.07) is 0. The summed E-state index contributed by atoms with van der Waals surface area (Å²) in [5.74, 6) is 0.270. The predicted octanol–water partition coefficient (Wildman–Crippen LogP) is 0.500. The number of amides is 1. The summed E-state index contributed by atoms with van der Waals surface area (Å²) in [6.45, 7) is 5.63. The Hall–Kier alpha value is -2.05. The zero-order chi connectivity index (χ0) is 13.0. The van der Waals surface area contributed by atoms with Crippen molar-refractivity contribution in [2.75, 3.05) is 13.1 Å². The summed E-state index contributed by atoms with van der Waals surface area (Å²) in [5, 5.41) is 11.3. The third-order valence-electron chi connectivity index (χ3n) is 2.25. The fraction of sp³-hybridized carbons (Fsp3) is 0.500. The number of hydrogen-bond acceptors (Lipinski definition) is 5. The standard InChI is InChI=1S/C10H16N4O3/c1-4-14(5-8(11)13-16)10(15)9-6(2)12-7(3)17-9/h16H,4-5H2,1-3H3,(H2,11,13). The highest BCUT2D eigenvalue weighted by atomic mass is 16.4. The molecule has 17 heavy (non-hydrogen) atoms. The van der Waals surface area contributed by atoms with Crippen molar-refractivity contribution in [3.8, 4) is 0 Å². The van der Waals surface area contributed by atoms with Gasteiger partial charge in [-0.2, -0.15) is 0 Å². The van der Waals surface area contributed by atoms with Crippen LogP contribution in [-0.4, -0.2) is 39.9 Å². The normalized spacial score (nSPS) is 11.6. The molecule has 0 aromatic carbocycles. The fourth-order valence-corrected chi connectivity index (χ4v) is 1.43. The molecule has 0 aliphatic rings. The van der Waals surface area contributed by atoms with E-state index in [1.54, 1.807) is 20.8 Å². The van der Waals surface area contributed by atoms with E-state index in [1.165, 1.54) is 4.90 Å². The number of hydrogen-bond donors (Lipinski definition) is 2. The smallest absolute Gasteiger partial charge is 0.291 e. The van der Waals surface area contributed by atoms with Crippen LogP contribution in [0.3, 0.4) is 0 Å². The lowest BCUT2D eigenvalue weighted by molar-refractivity contribution is 0.0752. The van der Waals surface area contributed by atoms with Crippen LogP contribution in [0.2, 0.25) is 0 Å². The molecule has 3 N–H and O–H groups in total. The first-order chi connectivity index (χ1) is 7.99. The molecule has 0 fully saturated rings. The van der Waals surface area contributed by atoms with E-state index in [4.69, 9.17) is 15.4 Å². The number of rotatable bonds is 4. The van der Waals surface area contributed by atoms with Crippen LogP contribution in [0.4, 0.5) is 0 Å². The van der Waals surface area contributed by atoms with Gasteiger partial charge in [-0.05, 0) is 13.8 Å². The van der Waals surface area contributed by atoms with E-state index in [-0.39, 0.29) is 24.0 Å². The van der Waals surface area contributed by atoms with Crippen molar-refractivity contribution < 1.29 is 14.4 Å². The fourth-order valence-electron chi connectivity index (χ4n) is 1.43. The summed E-state index contributed by atoms with van der Waals surface area (Å²) in [7, 11) is 0. The van der Waals surface area contributed by atoms with Gasteiger partial charge in [0.1, 0.15) is 0 Å². The number of amidine groups is 1. The van der Waals surface area contributed by atoms with Crippen molar-refractivity contribution in [1.82, 2.24) is 9.88 Å². The van der Waals surface area contributed by atoms with Gasteiger partial charge in [0.2, 0.25) is 5.76 Å². The van der Waals surface area contributed by atoms with Crippen LogP contribution in [0.25, 0.3) is 0 Å². The number of nitrogens with zero attached hydrogens (tertiary/aromatic N) is 3. The van der Waals surface area contributed by atoms with Crippen LogP contribution in [0.1, 0.15) is 29.1 Å². The van der Waals surface area contributed by atoms with Crippen LogP contribution >= 0.6 is 0 Å². The Kier molecular flexibility index (Phi) is 4.08. The first-order valence-electron chi connectivity index (χ1n) is 5.19. The van der Waals surface area contributed by atoms with Gasteiger partial charge >= 0.3 is 0 Å². The van der Waals surface area contributed by atoms with E-state index in [0.717, 1.165) is 0 Å². The molecule has 0 bridgehead atoms. The number of oxazole rings is 1. The molecule has 1 heterocycles.